The SMILES string of the molecule is Cc1ccccc1C(CC(C)C)NC(=O)c1nnn(C2CCNCC2)c1C.Cl. The molecule has 1 aromatic heterocycles. The Labute approximate surface area is 173 Å². The molecule has 3 rings (SSSR count). The highest BCUT2D eigenvalue weighted by Gasteiger charge is 2.25. The van der Waals surface area contributed by atoms with E-state index in [1.165, 1.54) is 11.1 Å². The molecule has 1 fully saturated rings. The van der Waals surface area contributed by atoms with Crippen LogP contribution in [0.3, 0.4) is 0 Å². The van der Waals surface area contributed by atoms with Gasteiger partial charge < -0.3 is 10.6 Å². The Morgan fingerprint density at radius 1 is 1.25 bits per heavy atom. The van der Waals surface area contributed by atoms with Crippen LogP contribution in [0, 0.1) is 19.8 Å². The summed E-state index contributed by atoms with van der Waals surface area (Å²) in [7, 11) is 0. The van der Waals surface area contributed by atoms with Crippen molar-refractivity contribution in [3.63, 3.8) is 0 Å². The number of aryl methyl sites for hydroxylation is 1. The molecule has 1 amide bonds. The molecule has 1 aliphatic heterocycles. The maximum atomic E-state index is 13.0. The van der Waals surface area contributed by atoms with Gasteiger partial charge in [-0.25, -0.2) is 4.68 Å². The number of carbonyl (C=O) groups excluding carboxylic acids is 1. The van der Waals surface area contributed by atoms with E-state index in [2.05, 4.69) is 53.8 Å². The van der Waals surface area contributed by atoms with E-state index >= 15 is 0 Å². The Hall–Kier alpha value is -1.92. The highest BCUT2D eigenvalue weighted by atomic mass is 35.5. The first-order valence-electron chi connectivity index (χ1n) is 9.96. The summed E-state index contributed by atoms with van der Waals surface area (Å²) in [6.07, 6.45) is 2.92. The molecule has 7 heteroatoms. The number of rotatable bonds is 6. The van der Waals surface area contributed by atoms with Gasteiger partial charge in [-0.1, -0.05) is 43.3 Å². The normalized spacial score (nSPS) is 15.9. The summed E-state index contributed by atoms with van der Waals surface area (Å²) in [5.74, 6) is 0.336. The zero-order chi connectivity index (χ0) is 19.4. The van der Waals surface area contributed by atoms with Crippen LogP contribution >= 0.6 is 12.4 Å². The quantitative estimate of drug-likeness (QED) is 0.767. The van der Waals surface area contributed by atoms with Crippen LogP contribution < -0.4 is 10.6 Å². The standard InChI is InChI=1S/C21H31N5O.ClH/c1-14(2)13-19(18-8-6-5-7-15(18)3)23-21(27)20-16(4)26(25-24-20)17-9-11-22-12-10-17;/h5-8,14,17,19,22H,9-13H2,1-4H3,(H,23,27);1H. The van der Waals surface area contributed by atoms with Crippen molar-refractivity contribution >= 4 is 18.3 Å². The van der Waals surface area contributed by atoms with E-state index in [0.717, 1.165) is 38.0 Å². The van der Waals surface area contributed by atoms with Crippen molar-refractivity contribution in [3.05, 3.63) is 46.8 Å². The first kappa shape index (κ1) is 22.4. The fourth-order valence-corrected chi connectivity index (χ4v) is 3.89. The van der Waals surface area contributed by atoms with E-state index in [1.54, 1.807) is 0 Å². The second kappa shape index (κ2) is 10.0. The summed E-state index contributed by atoms with van der Waals surface area (Å²) in [6.45, 7) is 10.4. The molecule has 1 unspecified atom stereocenters. The highest BCUT2D eigenvalue weighted by Crippen LogP contribution is 2.25. The minimum absolute atomic E-state index is 0. The van der Waals surface area contributed by atoms with Crippen molar-refractivity contribution in [1.82, 2.24) is 25.6 Å². The number of carbonyl (C=O) groups is 1. The molecule has 0 bridgehead atoms. The number of benzene rings is 1. The monoisotopic (exact) mass is 405 g/mol. The zero-order valence-corrected chi connectivity index (χ0v) is 18.1. The lowest BCUT2D eigenvalue weighted by Gasteiger charge is -2.24. The third-order valence-electron chi connectivity index (χ3n) is 5.37. The zero-order valence-electron chi connectivity index (χ0n) is 17.2. The molecule has 0 spiro atoms. The van der Waals surface area contributed by atoms with Crippen molar-refractivity contribution in [1.29, 1.82) is 0 Å². The van der Waals surface area contributed by atoms with Gasteiger partial charge in [0.05, 0.1) is 17.8 Å². The van der Waals surface area contributed by atoms with Crippen molar-refractivity contribution < 1.29 is 4.79 Å². The minimum atomic E-state index is -0.137. The van der Waals surface area contributed by atoms with Crippen LogP contribution in [-0.4, -0.2) is 34.0 Å². The fraction of sp³-hybridized carbons (Fsp3) is 0.571. The summed E-state index contributed by atoms with van der Waals surface area (Å²) < 4.78 is 1.93. The average Bonchev–Trinajstić information content (AvgIpc) is 3.03. The minimum Gasteiger partial charge on any atom is -0.344 e. The Balaban J connectivity index is 0.00000280. The van der Waals surface area contributed by atoms with E-state index in [4.69, 9.17) is 0 Å². The van der Waals surface area contributed by atoms with Crippen molar-refractivity contribution in [2.24, 2.45) is 5.92 Å². The lowest BCUT2D eigenvalue weighted by Crippen LogP contribution is -2.31. The number of hydrogen-bond donors (Lipinski definition) is 2. The summed E-state index contributed by atoms with van der Waals surface area (Å²) in [4.78, 5) is 13.0. The van der Waals surface area contributed by atoms with Gasteiger partial charge in [0.25, 0.3) is 5.91 Å². The van der Waals surface area contributed by atoms with E-state index < -0.39 is 0 Å². The molecule has 1 aromatic carbocycles. The maximum absolute atomic E-state index is 13.0. The molecule has 1 saturated heterocycles. The fourth-order valence-electron chi connectivity index (χ4n) is 3.89. The van der Waals surface area contributed by atoms with Crippen LogP contribution in [0.15, 0.2) is 24.3 Å². The Kier molecular flexibility index (Phi) is 8.01. The van der Waals surface area contributed by atoms with Crippen LogP contribution in [0.2, 0.25) is 0 Å². The topological polar surface area (TPSA) is 71.8 Å². The smallest absolute Gasteiger partial charge is 0.274 e. The molecule has 2 N–H and O–H groups in total. The third kappa shape index (κ3) is 5.11. The highest BCUT2D eigenvalue weighted by molar-refractivity contribution is 5.93. The molecule has 0 saturated carbocycles. The van der Waals surface area contributed by atoms with E-state index in [0.29, 0.717) is 17.7 Å². The first-order valence-corrected chi connectivity index (χ1v) is 9.96. The molecule has 2 aromatic rings. The molecule has 2 heterocycles. The molecule has 0 aliphatic carbocycles. The summed E-state index contributed by atoms with van der Waals surface area (Å²) in [5.41, 5.74) is 3.66. The molecule has 1 aliphatic rings. The molecule has 6 nitrogen and oxygen atoms in total. The maximum Gasteiger partial charge on any atom is 0.274 e. The van der Waals surface area contributed by atoms with Gasteiger partial charge >= 0.3 is 0 Å². The van der Waals surface area contributed by atoms with Crippen LogP contribution in [-0.2, 0) is 0 Å². The number of nitrogens with one attached hydrogen (secondary N) is 2. The summed E-state index contributed by atoms with van der Waals surface area (Å²) >= 11 is 0. The Bertz CT molecular complexity index is 783. The largest absolute Gasteiger partial charge is 0.344 e. The lowest BCUT2D eigenvalue weighted by molar-refractivity contribution is 0.0926. The van der Waals surface area contributed by atoms with Crippen molar-refractivity contribution in [2.45, 2.75) is 59.0 Å². The van der Waals surface area contributed by atoms with Crippen LogP contribution in [0.25, 0.3) is 0 Å². The predicted molar refractivity (Wildman–Crippen MR) is 114 cm³/mol. The van der Waals surface area contributed by atoms with Gasteiger partial charge in [0.1, 0.15) is 0 Å². The molecule has 28 heavy (non-hydrogen) atoms. The Morgan fingerprint density at radius 2 is 1.93 bits per heavy atom. The number of aromatic nitrogens is 3. The second-order valence-corrected chi connectivity index (χ2v) is 7.96. The van der Waals surface area contributed by atoms with Gasteiger partial charge in [0.15, 0.2) is 5.69 Å². The number of nitrogens with zero attached hydrogens (tertiary/aromatic N) is 3. The van der Waals surface area contributed by atoms with E-state index in [-0.39, 0.29) is 24.4 Å². The first-order chi connectivity index (χ1) is 13.0. The lowest BCUT2D eigenvalue weighted by atomic mass is 9.93. The molecule has 154 valence electrons. The van der Waals surface area contributed by atoms with Crippen LogP contribution in [0.4, 0.5) is 0 Å². The van der Waals surface area contributed by atoms with Gasteiger partial charge in [-0.2, -0.15) is 0 Å². The van der Waals surface area contributed by atoms with Crippen molar-refractivity contribution in [3.8, 4) is 0 Å². The summed E-state index contributed by atoms with van der Waals surface area (Å²) in [5, 5.41) is 15.1. The van der Waals surface area contributed by atoms with Gasteiger partial charge in [0.2, 0.25) is 0 Å². The van der Waals surface area contributed by atoms with E-state index in [9.17, 15) is 4.79 Å². The predicted octanol–water partition coefficient (Wildman–Crippen LogP) is 3.76. The van der Waals surface area contributed by atoms with Gasteiger partial charge in [-0.15, -0.1) is 17.5 Å². The molecule has 0 radical (unpaired) electrons. The number of amides is 1. The Morgan fingerprint density at radius 3 is 2.57 bits per heavy atom. The third-order valence-corrected chi connectivity index (χ3v) is 5.37. The molecular formula is C21H32ClN5O. The number of halogens is 1. The molecule has 1 atom stereocenters. The second-order valence-electron chi connectivity index (χ2n) is 7.96. The van der Waals surface area contributed by atoms with Gasteiger partial charge in [-0.05, 0) is 63.2 Å². The average molecular weight is 406 g/mol. The number of piperidine rings is 1. The number of hydrogen-bond acceptors (Lipinski definition) is 4. The van der Waals surface area contributed by atoms with Crippen LogP contribution in [0.5, 0.6) is 0 Å². The van der Waals surface area contributed by atoms with Gasteiger partial charge in [-0.3, -0.25) is 4.79 Å². The van der Waals surface area contributed by atoms with Crippen molar-refractivity contribution in [2.75, 3.05) is 13.1 Å². The van der Waals surface area contributed by atoms with Crippen LogP contribution in [0.1, 0.15) is 72.5 Å². The summed E-state index contributed by atoms with van der Waals surface area (Å²) in [6, 6.07) is 8.54. The molecular weight excluding hydrogens is 374 g/mol. The van der Waals surface area contributed by atoms with Gasteiger partial charge in [0, 0.05) is 0 Å². The van der Waals surface area contributed by atoms with E-state index in [1.807, 2.05) is 23.7 Å².